The van der Waals surface area contributed by atoms with Gasteiger partial charge in [0, 0.05) is 5.56 Å². The van der Waals surface area contributed by atoms with Gasteiger partial charge in [-0.1, -0.05) is 30.3 Å². The highest BCUT2D eigenvalue weighted by Crippen LogP contribution is 2.16. The lowest BCUT2D eigenvalue weighted by Gasteiger charge is -2.17. The fourth-order valence-corrected chi connectivity index (χ4v) is 3.67. The van der Waals surface area contributed by atoms with Crippen LogP contribution in [-0.2, 0) is 26.7 Å². The Bertz CT molecular complexity index is 1020. The quantitative estimate of drug-likeness (QED) is 0.306. The van der Waals surface area contributed by atoms with E-state index in [1.807, 2.05) is 30.3 Å². The summed E-state index contributed by atoms with van der Waals surface area (Å²) in [4.78, 5) is 12.8. The van der Waals surface area contributed by atoms with Crippen LogP contribution >= 0.6 is 0 Å². The zero-order chi connectivity index (χ0) is 21.5. The third-order valence-electron chi connectivity index (χ3n) is 4.01. The van der Waals surface area contributed by atoms with Crippen LogP contribution in [0.5, 0.6) is 5.75 Å². The molecule has 2 aromatic carbocycles. The summed E-state index contributed by atoms with van der Waals surface area (Å²) in [6, 6.07) is 14.2. The minimum atomic E-state index is -4.22. The second-order valence-electron chi connectivity index (χ2n) is 6.49. The van der Waals surface area contributed by atoms with Gasteiger partial charge >= 0.3 is 10.1 Å². The average Bonchev–Trinajstić information content (AvgIpc) is 2.63. The fourth-order valence-electron chi connectivity index (χ4n) is 2.68. The summed E-state index contributed by atoms with van der Waals surface area (Å²) >= 11 is 0. The fraction of sp³-hybridized carbons (Fsp3) is 0.316. The van der Waals surface area contributed by atoms with E-state index in [4.69, 9.17) is 8.74 Å². The first kappa shape index (κ1) is 23.0. The van der Waals surface area contributed by atoms with Gasteiger partial charge in [0.1, 0.15) is 5.75 Å². The predicted octanol–water partition coefficient (Wildman–Crippen LogP) is 1.69. The van der Waals surface area contributed by atoms with Crippen LogP contribution in [0.3, 0.4) is 0 Å². The normalized spacial score (nSPS) is 13.0. The molecule has 0 saturated heterocycles. The molecule has 10 heteroatoms. The van der Waals surface area contributed by atoms with Crippen LogP contribution in [0.4, 0.5) is 0 Å². The Labute approximate surface area is 170 Å². The lowest BCUT2D eigenvalue weighted by atomic mass is 10.0. The maximum atomic E-state index is 12.8. The van der Waals surface area contributed by atoms with Crippen LogP contribution < -0.4 is 9.50 Å². The van der Waals surface area contributed by atoms with Crippen molar-refractivity contribution < 1.29 is 30.4 Å². The molecule has 0 aliphatic heterocycles. The molecule has 0 unspecified atom stereocenters. The maximum absolute atomic E-state index is 12.8. The van der Waals surface area contributed by atoms with Gasteiger partial charge in [0.15, 0.2) is 5.78 Å². The third-order valence-corrected chi connectivity index (χ3v) is 5.26. The monoisotopic (exact) mass is 441 g/mol. The van der Waals surface area contributed by atoms with Gasteiger partial charge < -0.3 is 9.50 Å². The van der Waals surface area contributed by atoms with Crippen molar-refractivity contribution >= 4 is 26.0 Å². The molecule has 0 radical (unpaired) electrons. The summed E-state index contributed by atoms with van der Waals surface area (Å²) < 4.78 is 58.3. The van der Waals surface area contributed by atoms with Crippen molar-refractivity contribution in [2.45, 2.75) is 18.9 Å². The van der Waals surface area contributed by atoms with Gasteiger partial charge in [-0.25, -0.2) is 0 Å². The Balaban J connectivity index is 2.08. The summed E-state index contributed by atoms with van der Waals surface area (Å²) in [6.07, 6.45) is 1.44. The van der Waals surface area contributed by atoms with E-state index < -0.39 is 32.0 Å². The summed E-state index contributed by atoms with van der Waals surface area (Å²) in [5, 5.41) is 3.04. The van der Waals surface area contributed by atoms with Gasteiger partial charge in [-0.3, -0.25) is 9.35 Å². The topological polar surface area (TPSA) is 127 Å². The van der Waals surface area contributed by atoms with E-state index in [-0.39, 0.29) is 23.5 Å². The highest BCUT2D eigenvalue weighted by atomic mass is 32.2. The first-order chi connectivity index (χ1) is 13.5. The minimum Gasteiger partial charge on any atom is -0.383 e. The number of Topliss-reactive ketones (excluding diaryl/α,β-unsaturated/α-hetero) is 1. The first-order valence-electron chi connectivity index (χ1n) is 8.80. The molecule has 2 aromatic rings. The number of nitrogens with one attached hydrogen (secondary N) is 1. The molecule has 0 fully saturated rings. The SMILES string of the molecule is CS(=O)(=O)Oc1ccc(C(=O)[C@H](CCS(=O)(=O)O)NCCc2ccccc2)cc1. The number of hydrogen-bond donors (Lipinski definition) is 2. The number of hydrogen-bond acceptors (Lipinski definition) is 7. The van der Waals surface area contributed by atoms with E-state index in [9.17, 15) is 21.6 Å². The summed E-state index contributed by atoms with van der Waals surface area (Å²) in [5.74, 6) is -0.861. The van der Waals surface area contributed by atoms with Crippen molar-refractivity contribution in [1.29, 1.82) is 0 Å². The smallest absolute Gasteiger partial charge is 0.306 e. The molecule has 0 bridgehead atoms. The van der Waals surface area contributed by atoms with Gasteiger partial charge in [0.05, 0.1) is 18.1 Å². The number of benzene rings is 2. The Hall–Kier alpha value is -2.27. The highest BCUT2D eigenvalue weighted by Gasteiger charge is 2.22. The van der Waals surface area contributed by atoms with Gasteiger partial charge in [0.2, 0.25) is 0 Å². The molecule has 2 rings (SSSR count). The van der Waals surface area contributed by atoms with Crippen LogP contribution in [0.25, 0.3) is 0 Å². The second-order valence-corrected chi connectivity index (χ2v) is 9.64. The Morgan fingerprint density at radius 1 is 1.03 bits per heavy atom. The molecular formula is C19H23NO7S2. The third kappa shape index (κ3) is 8.73. The Morgan fingerprint density at radius 2 is 1.66 bits per heavy atom. The molecule has 0 aliphatic rings. The largest absolute Gasteiger partial charge is 0.383 e. The molecule has 2 N–H and O–H groups in total. The van der Waals surface area contributed by atoms with Crippen LogP contribution in [0.1, 0.15) is 22.3 Å². The summed E-state index contributed by atoms with van der Waals surface area (Å²) in [5.41, 5.74) is 1.32. The van der Waals surface area contributed by atoms with Gasteiger partial charge in [-0.05, 0) is 49.2 Å². The Kier molecular flexibility index (Phi) is 7.91. The molecule has 1 atom stereocenters. The number of carbonyl (C=O) groups is 1. The average molecular weight is 442 g/mol. The maximum Gasteiger partial charge on any atom is 0.306 e. The van der Waals surface area contributed by atoms with E-state index in [1.54, 1.807) is 0 Å². The van der Waals surface area contributed by atoms with Crippen molar-refractivity contribution in [3.8, 4) is 5.75 Å². The molecule has 29 heavy (non-hydrogen) atoms. The molecule has 158 valence electrons. The second kappa shape index (κ2) is 9.97. The van der Waals surface area contributed by atoms with Crippen molar-refractivity contribution in [1.82, 2.24) is 5.32 Å². The van der Waals surface area contributed by atoms with Crippen LogP contribution in [0, 0.1) is 0 Å². The van der Waals surface area contributed by atoms with Gasteiger partial charge in [-0.15, -0.1) is 0 Å². The van der Waals surface area contributed by atoms with E-state index in [0.29, 0.717) is 13.0 Å². The lowest BCUT2D eigenvalue weighted by Crippen LogP contribution is -2.39. The Morgan fingerprint density at radius 3 is 2.21 bits per heavy atom. The lowest BCUT2D eigenvalue weighted by molar-refractivity contribution is 0.0941. The molecule has 0 amide bonds. The highest BCUT2D eigenvalue weighted by molar-refractivity contribution is 7.86. The minimum absolute atomic E-state index is 0.0653. The van der Waals surface area contributed by atoms with E-state index in [2.05, 4.69) is 5.32 Å². The van der Waals surface area contributed by atoms with Crippen LogP contribution in [-0.4, -0.2) is 51.8 Å². The van der Waals surface area contributed by atoms with Crippen LogP contribution in [0.2, 0.25) is 0 Å². The zero-order valence-corrected chi connectivity index (χ0v) is 17.4. The van der Waals surface area contributed by atoms with Crippen molar-refractivity contribution in [3.05, 3.63) is 65.7 Å². The molecule has 0 heterocycles. The molecule has 8 nitrogen and oxygen atoms in total. The predicted molar refractivity (Wildman–Crippen MR) is 109 cm³/mol. The standard InChI is InChI=1S/C19H23NO7S2/c1-28(22,23)27-17-9-7-16(8-10-17)19(21)18(12-14-29(24,25)26)20-13-11-15-5-3-2-4-6-15/h2-10,18,20H,11-14H2,1H3,(H,24,25,26)/t18-/m0/s1. The van der Waals surface area contributed by atoms with E-state index in [1.165, 1.54) is 24.3 Å². The number of ketones is 1. The van der Waals surface area contributed by atoms with Crippen molar-refractivity contribution in [3.63, 3.8) is 0 Å². The van der Waals surface area contributed by atoms with Crippen molar-refractivity contribution in [2.24, 2.45) is 0 Å². The zero-order valence-electron chi connectivity index (χ0n) is 15.8. The van der Waals surface area contributed by atoms with Crippen molar-refractivity contribution in [2.75, 3.05) is 18.6 Å². The number of rotatable bonds is 11. The molecule has 0 saturated carbocycles. The summed E-state index contributed by atoms with van der Waals surface area (Å²) in [6.45, 7) is 0.432. The number of carbonyl (C=O) groups excluding carboxylic acids is 1. The molecular weight excluding hydrogens is 418 g/mol. The van der Waals surface area contributed by atoms with Gasteiger partial charge in [0.25, 0.3) is 10.1 Å². The molecule has 0 spiro atoms. The van der Waals surface area contributed by atoms with Crippen LogP contribution in [0.15, 0.2) is 54.6 Å². The summed E-state index contributed by atoms with van der Waals surface area (Å²) in [7, 11) is -7.90. The molecule has 0 aliphatic carbocycles. The first-order valence-corrected chi connectivity index (χ1v) is 12.2. The van der Waals surface area contributed by atoms with E-state index >= 15 is 0 Å². The molecule has 0 aromatic heterocycles. The van der Waals surface area contributed by atoms with Gasteiger partial charge in [-0.2, -0.15) is 16.8 Å². The van der Waals surface area contributed by atoms with E-state index in [0.717, 1.165) is 11.8 Å².